The molecular formula is C18H19FN4O2S2. The van der Waals surface area contributed by atoms with Crippen molar-refractivity contribution in [2.24, 2.45) is 0 Å². The molecule has 2 atom stereocenters. The number of hydrogen-bond donors (Lipinski definition) is 2. The number of benzene rings is 1. The Morgan fingerprint density at radius 1 is 1.26 bits per heavy atom. The largest absolute Gasteiger partial charge is 0.467 e. The van der Waals surface area contributed by atoms with Crippen molar-refractivity contribution in [1.29, 1.82) is 0 Å². The normalized spacial score (nSPS) is 13.1. The predicted molar refractivity (Wildman–Crippen MR) is 104 cm³/mol. The van der Waals surface area contributed by atoms with E-state index in [1.807, 2.05) is 26.0 Å². The van der Waals surface area contributed by atoms with Gasteiger partial charge in [0.2, 0.25) is 11.0 Å². The van der Waals surface area contributed by atoms with Gasteiger partial charge in [-0.15, -0.1) is 10.2 Å². The maximum absolute atomic E-state index is 13.0. The van der Waals surface area contributed by atoms with Crippen molar-refractivity contribution >= 4 is 34.1 Å². The lowest BCUT2D eigenvalue weighted by Gasteiger charge is -2.17. The van der Waals surface area contributed by atoms with Crippen molar-refractivity contribution in [3.05, 3.63) is 59.8 Å². The van der Waals surface area contributed by atoms with Crippen LogP contribution in [0.4, 0.5) is 9.52 Å². The van der Waals surface area contributed by atoms with Crippen molar-refractivity contribution < 1.29 is 13.6 Å². The molecule has 1 amide bonds. The molecule has 0 aliphatic carbocycles. The average molecular weight is 407 g/mol. The molecule has 0 unspecified atom stereocenters. The highest BCUT2D eigenvalue weighted by Gasteiger charge is 2.19. The van der Waals surface area contributed by atoms with Gasteiger partial charge in [-0.1, -0.05) is 35.2 Å². The van der Waals surface area contributed by atoms with E-state index in [2.05, 4.69) is 20.8 Å². The minimum atomic E-state index is -0.334. The van der Waals surface area contributed by atoms with Crippen molar-refractivity contribution in [2.45, 2.75) is 36.0 Å². The fourth-order valence-corrected chi connectivity index (χ4v) is 4.18. The van der Waals surface area contributed by atoms with E-state index in [1.54, 1.807) is 18.4 Å². The number of thioether (sulfide) groups is 1. The fraction of sp³-hybridized carbons (Fsp3) is 0.278. The molecule has 0 aliphatic heterocycles. The molecule has 2 N–H and O–H groups in total. The summed E-state index contributed by atoms with van der Waals surface area (Å²) < 4.78 is 19.0. The first-order valence-electron chi connectivity index (χ1n) is 8.33. The number of rotatable bonds is 8. The van der Waals surface area contributed by atoms with Crippen LogP contribution < -0.4 is 10.6 Å². The van der Waals surface area contributed by atoms with Gasteiger partial charge in [0, 0.05) is 0 Å². The number of halogens is 1. The Morgan fingerprint density at radius 3 is 2.74 bits per heavy atom. The van der Waals surface area contributed by atoms with Gasteiger partial charge in [-0.2, -0.15) is 0 Å². The number of amides is 1. The number of hydrogen-bond acceptors (Lipinski definition) is 7. The Labute approximate surface area is 164 Å². The molecule has 2 heterocycles. The Kier molecular flexibility index (Phi) is 6.46. The SMILES string of the molecule is C[C@@H](Sc1nnc(NCc2ccco2)s1)C(=O)N[C@H](C)c1ccc(F)cc1. The topological polar surface area (TPSA) is 80.1 Å². The monoisotopic (exact) mass is 406 g/mol. The summed E-state index contributed by atoms with van der Waals surface area (Å²) in [5.41, 5.74) is 0.849. The number of nitrogens with one attached hydrogen (secondary N) is 2. The van der Waals surface area contributed by atoms with Crippen LogP contribution in [0.5, 0.6) is 0 Å². The third-order valence-electron chi connectivity index (χ3n) is 3.78. The van der Waals surface area contributed by atoms with Crippen molar-refractivity contribution in [1.82, 2.24) is 15.5 Å². The highest BCUT2D eigenvalue weighted by atomic mass is 32.2. The number of anilines is 1. The number of carbonyl (C=O) groups is 1. The predicted octanol–water partition coefficient (Wildman–Crippen LogP) is 4.24. The van der Waals surface area contributed by atoms with Crippen molar-refractivity contribution in [3.8, 4) is 0 Å². The molecule has 0 saturated heterocycles. The van der Waals surface area contributed by atoms with E-state index < -0.39 is 0 Å². The lowest BCUT2D eigenvalue weighted by molar-refractivity contribution is -0.120. The molecule has 1 aromatic carbocycles. The standard InChI is InChI=1S/C18H19FN4O2S2/c1-11(13-5-7-14(19)8-6-13)21-16(24)12(2)26-18-23-22-17(27-18)20-10-15-4-3-9-25-15/h3-9,11-12H,10H2,1-2H3,(H,20,22)(H,21,24)/t11-,12-/m1/s1. The summed E-state index contributed by atoms with van der Waals surface area (Å²) in [6.45, 7) is 4.20. The van der Waals surface area contributed by atoms with E-state index in [0.717, 1.165) is 11.3 Å². The maximum Gasteiger partial charge on any atom is 0.233 e. The fourth-order valence-electron chi connectivity index (χ4n) is 2.27. The summed E-state index contributed by atoms with van der Waals surface area (Å²) in [6, 6.07) is 9.59. The number of nitrogens with zero attached hydrogens (tertiary/aromatic N) is 2. The lowest BCUT2D eigenvalue weighted by atomic mass is 10.1. The zero-order valence-corrected chi connectivity index (χ0v) is 16.4. The first kappa shape index (κ1) is 19.4. The third-order valence-corrected chi connectivity index (χ3v) is 5.84. The molecule has 2 aromatic heterocycles. The third kappa shape index (κ3) is 5.54. The summed E-state index contributed by atoms with van der Waals surface area (Å²) in [5, 5.41) is 14.6. The summed E-state index contributed by atoms with van der Waals surface area (Å²) in [4.78, 5) is 12.4. The van der Waals surface area contributed by atoms with Gasteiger partial charge in [0.15, 0.2) is 4.34 Å². The summed E-state index contributed by atoms with van der Waals surface area (Å²) in [6.07, 6.45) is 1.62. The Balaban J connectivity index is 1.49. The van der Waals surface area contributed by atoms with E-state index in [0.29, 0.717) is 16.0 Å². The van der Waals surface area contributed by atoms with E-state index in [9.17, 15) is 9.18 Å². The van der Waals surface area contributed by atoms with Crippen LogP contribution >= 0.6 is 23.1 Å². The van der Waals surface area contributed by atoms with Gasteiger partial charge in [0.25, 0.3) is 0 Å². The van der Waals surface area contributed by atoms with E-state index in [1.165, 1.54) is 35.2 Å². The van der Waals surface area contributed by atoms with Gasteiger partial charge in [-0.25, -0.2) is 4.39 Å². The van der Waals surface area contributed by atoms with Crippen molar-refractivity contribution in [3.63, 3.8) is 0 Å². The van der Waals surface area contributed by atoms with E-state index in [4.69, 9.17) is 4.42 Å². The number of aromatic nitrogens is 2. The molecule has 0 radical (unpaired) electrons. The van der Waals surface area contributed by atoms with Gasteiger partial charge in [-0.05, 0) is 43.7 Å². The first-order chi connectivity index (χ1) is 13.0. The smallest absolute Gasteiger partial charge is 0.233 e. The second kappa shape index (κ2) is 9.01. The van der Waals surface area contributed by atoms with E-state index >= 15 is 0 Å². The van der Waals surface area contributed by atoms with Crippen LogP contribution in [-0.2, 0) is 11.3 Å². The Morgan fingerprint density at radius 2 is 2.04 bits per heavy atom. The Hall–Kier alpha value is -2.39. The highest BCUT2D eigenvalue weighted by Crippen LogP contribution is 2.29. The van der Waals surface area contributed by atoms with Gasteiger partial charge < -0.3 is 15.1 Å². The summed E-state index contributed by atoms with van der Waals surface area (Å²) in [7, 11) is 0. The summed E-state index contributed by atoms with van der Waals surface area (Å²) in [5.74, 6) is 0.396. The molecule has 0 fully saturated rings. The quantitative estimate of drug-likeness (QED) is 0.545. The molecule has 0 bridgehead atoms. The first-order valence-corrected chi connectivity index (χ1v) is 10.0. The molecule has 27 heavy (non-hydrogen) atoms. The molecule has 6 nitrogen and oxygen atoms in total. The molecule has 0 aliphatic rings. The number of furan rings is 1. The van der Waals surface area contributed by atoms with Crippen LogP contribution in [0.15, 0.2) is 51.4 Å². The van der Waals surface area contributed by atoms with Crippen LogP contribution in [0.25, 0.3) is 0 Å². The second-order valence-electron chi connectivity index (χ2n) is 5.85. The van der Waals surface area contributed by atoms with Crippen molar-refractivity contribution in [2.75, 3.05) is 5.32 Å². The molecule has 3 rings (SSSR count). The number of carbonyl (C=O) groups excluding carboxylic acids is 1. The summed E-state index contributed by atoms with van der Waals surface area (Å²) >= 11 is 2.73. The zero-order valence-electron chi connectivity index (χ0n) is 14.8. The molecule has 0 spiro atoms. The highest BCUT2D eigenvalue weighted by molar-refractivity contribution is 8.02. The van der Waals surface area contributed by atoms with Gasteiger partial charge in [0.1, 0.15) is 11.6 Å². The van der Waals surface area contributed by atoms with Crippen LogP contribution in [-0.4, -0.2) is 21.4 Å². The maximum atomic E-state index is 13.0. The van der Waals surface area contributed by atoms with E-state index in [-0.39, 0.29) is 23.0 Å². The Bertz CT molecular complexity index is 868. The molecular weight excluding hydrogens is 387 g/mol. The molecule has 142 valence electrons. The minimum Gasteiger partial charge on any atom is -0.467 e. The minimum absolute atomic E-state index is 0.114. The zero-order chi connectivity index (χ0) is 19.2. The molecule has 9 heteroatoms. The van der Waals surface area contributed by atoms with Gasteiger partial charge >= 0.3 is 0 Å². The average Bonchev–Trinajstić information content (AvgIpc) is 3.32. The lowest BCUT2D eigenvalue weighted by Crippen LogP contribution is -2.33. The van der Waals surface area contributed by atoms with Crippen LogP contribution in [0.1, 0.15) is 31.2 Å². The van der Waals surface area contributed by atoms with Crippen LogP contribution in [0.3, 0.4) is 0 Å². The van der Waals surface area contributed by atoms with Gasteiger partial charge in [0.05, 0.1) is 24.1 Å². The second-order valence-corrected chi connectivity index (χ2v) is 8.41. The van der Waals surface area contributed by atoms with Crippen LogP contribution in [0, 0.1) is 5.82 Å². The molecule has 3 aromatic rings. The van der Waals surface area contributed by atoms with Crippen LogP contribution in [0.2, 0.25) is 0 Å². The molecule has 0 saturated carbocycles. The van der Waals surface area contributed by atoms with Gasteiger partial charge in [-0.3, -0.25) is 4.79 Å².